The standard InChI is InChI=1S/C15H19N2O4.W/c1-2-16-10-11-21-15(20)17(16)9-3-4-12-5-7-13(8-6-12)14(18)19;/h5-8H,1-4,9-11H2,(H,18,19);/q-1;. The number of aromatic carboxylic acids is 1. The molecule has 7 heteroatoms. The van der Waals surface area contributed by atoms with Gasteiger partial charge in [0.15, 0.2) is 0 Å². The van der Waals surface area contributed by atoms with Crippen LogP contribution in [0, 0.1) is 6.92 Å². The molecule has 1 aromatic carbocycles. The zero-order valence-corrected chi connectivity index (χ0v) is 15.2. The molecule has 0 atom stereocenters. The number of cyclic esters (lactones) is 1. The topological polar surface area (TPSA) is 70.1 Å². The van der Waals surface area contributed by atoms with Gasteiger partial charge in [-0.25, -0.2) is 19.6 Å². The van der Waals surface area contributed by atoms with Crippen LogP contribution in [0.3, 0.4) is 0 Å². The van der Waals surface area contributed by atoms with E-state index in [0.29, 0.717) is 26.2 Å². The van der Waals surface area contributed by atoms with E-state index in [9.17, 15) is 9.59 Å². The van der Waals surface area contributed by atoms with E-state index in [-0.39, 0.29) is 32.7 Å². The van der Waals surface area contributed by atoms with Crippen LogP contribution in [-0.2, 0) is 32.2 Å². The second kappa shape index (κ2) is 8.91. The van der Waals surface area contributed by atoms with E-state index in [0.717, 1.165) is 18.4 Å². The van der Waals surface area contributed by atoms with Crippen molar-refractivity contribution < 1.29 is 40.5 Å². The Morgan fingerprint density at radius 1 is 1.32 bits per heavy atom. The number of amides is 1. The van der Waals surface area contributed by atoms with Gasteiger partial charge in [-0.2, -0.15) is 0 Å². The maximum Gasteiger partial charge on any atom is 0.424 e. The zero-order valence-electron chi connectivity index (χ0n) is 12.2. The van der Waals surface area contributed by atoms with Gasteiger partial charge in [0.05, 0.1) is 5.56 Å². The van der Waals surface area contributed by atoms with Gasteiger partial charge >= 0.3 is 12.1 Å². The molecule has 1 aromatic rings. The molecule has 0 saturated carbocycles. The van der Waals surface area contributed by atoms with E-state index in [1.807, 2.05) is 5.01 Å². The molecule has 2 rings (SSSR count). The number of carboxylic acid groups (broad SMARTS) is 1. The van der Waals surface area contributed by atoms with Crippen molar-refractivity contribution >= 4 is 12.1 Å². The van der Waals surface area contributed by atoms with Gasteiger partial charge in [0, 0.05) is 34.2 Å². The van der Waals surface area contributed by atoms with Crippen molar-refractivity contribution in [1.82, 2.24) is 10.0 Å². The van der Waals surface area contributed by atoms with Crippen molar-refractivity contribution in [2.75, 3.05) is 26.2 Å². The number of benzene rings is 1. The van der Waals surface area contributed by atoms with Crippen LogP contribution in [0.2, 0.25) is 0 Å². The molecule has 1 N–H and O–H groups in total. The largest absolute Gasteiger partial charge is 0.478 e. The van der Waals surface area contributed by atoms with Crippen LogP contribution in [0.25, 0.3) is 0 Å². The van der Waals surface area contributed by atoms with Crippen LogP contribution in [0.1, 0.15) is 22.3 Å². The number of nitrogens with zero attached hydrogens (tertiary/aromatic N) is 2. The minimum Gasteiger partial charge on any atom is -0.478 e. The Bertz CT molecular complexity index is 507. The fourth-order valence-corrected chi connectivity index (χ4v) is 2.26. The fourth-order valence-electron chi connectivity index (χ4n) is 2.26. The molecule has 0 spiro atoms. The summed E-state index contributed by atoms with van der Waals surface area (Å²) >= 11 is 0. The molecule has 0 unspecified atom stereocenters. The summed E-state index contributed by atoms with van der Waals surface area (Å²) in [5.41, 5.74) is 1.33. The molecular formula is C15H19N2O4W-. The van der Waals surface area contributed by atoms with E-state index >= 15 is 0 Å². The number of rotatable bonds is 6. The first-order valence-electron chi connectivity index (χ1n) is 6.92. The number of carboxylic acids is 1. The van der Waals surface area contributed by atoms with Crippen molar-refractivity contribution in [1.29, 1.82) is 0 Å². The summed E-state index contributed by atoms with van der Waals surface area (Å²) in [5, 5.41) is 12.3. The molecule has 1 saturated heterocycles. The third kappa shape index (κ3) is 4.82. The van der Waals surface area contributed by atoms with Gasteiger partial charge in [-0.15, -0.1) is 6.54 Å². The number of aryl methyl sites for hydroxylation is 1. The van der Waals surface area contributed by atoms with E-state index in [1.165, 1.54) is 0 Å². The average molecular weight is 475 g/mol. The third-order valence-electron chi connectivity index (χ3n) is 3.42. The predicted octanol–water partition coefficient (Wildman–Crippen LogP) is 1.82. The molecule has 22 heavy (non-hydrogen) atoms. The quantitative estimate of drug-likeness (QED) is 0.637. The Balaban J connectivity index is 0.00000242. The van der Waals surface area contributed by atoms with Gasteiger partial charge in [-0.3, -0.25) is 0 Å². The summed E-state index contributed by atoms with van der Waals surface area (Å²) in [6.45, 7) is 5.98. The van der Waals surface area contributed by atoms with Crippen LogP contribution >= 0.6 is 0 Å². The maximum absolute atomic E-state index is 11.7. The summed E-state index contributed by atoms with van der Waals surface area (Å²) in [4.78, 5) is 22.5. The minimum atomic E-state index is -0.927. The van der Waals surface area contributed by atoms with Crippen molar-refractivity contribution in [3.63, 3.8) is 0 Å². The number of hydrazine groups is 1. The first-order chi connectivity index (χ1) is 10.1. The number of hydrogen-bond acceptors (Lipinski definition) is 4. The molecule has 6 nitrogen and oxygen atoms in total. The summed E-state index contributed by atoms with van der Waals surface area (Å²) in [7, 11) is 0. The van der Waals surface area contributed by atoms with Gasteiger partial charge in [-0.05, 0) is 30.5 Å². The van der Waals surface area contributed by atoms with Gasteiger partial charge in [0.25, 0.3) is 0 Å². The minimum absolute atomic E-state index is 0. The molecule has 120 valence electrons. The Hall–Kier alpha value is -1.39. The average Bonchev–Trinajstić information content (AvgIpc) is 2.49. The van der Waals surface area contributed by atoms with E-state index in [4.69, 9.17) is 9.84 Å². The summed E-state index contributed by atoms with van der Waals surface area (Å²) < 4.78 is 5.02. The fraction of sp³-hybridized carbons (Fsp3) is 0.400. The van der Waals surface area contributed by atoms with Crippen molar-refractivity contribution in [3.8, 4) is 0 Å². The molecular weight excluding hydrogens is 456 g/mol. The predicted molar refractivity (Wildman–Crippen MR) is 76.7 cm³/mol. The zero-order chi connectivity index (χ0) is 15.2. The van der Waals surface area contributed by atoms with Crippen LogP contribution in [0.15, 0.2) is 24.3 Å². The molecule has 0 aromatic heterocycles. The first kappa shape index (κ1) is 18.7. The Morgan fingerprint density at radius 2 is 2.00 bits per heavy atom. The molecule has 1 fully saturated rings. The summed E-state index contributed by atoms with van der Waals surface area (Å²) in [6, 6.07) is 6.79. The molecule has 1 aliphatic heterocycles. The van der Waals surface area contributed by atoms with Crippen LogP contribution in [-0.4, -0.2) is 53.4 Å². The first-order valence-corrected chi connectivity index (χ1v) is 6.92. The Kier molecular flexibility index (Phi) is 7.55. The summed E-state index contributed by atoms with van der Waals surface area (Å²) in [6.07, 6.45) is 1.22. The van der Waals surface area contributed by atoms with Crippen molar-refractivity contribution in [2.24, 2.45) is 0 Å². The third-order valence-corrected chi connectivity index (χ3v) is 3.42. The number of ether oxygens (including phenoxy) is 1. The molecule has 0 aliphatic carbocycles. The van der Waals surface area contributed by atoms with Crippen molar-refractivity contribution in [2.45, 2.75) is 12.8 Å². The number of carbonyl (C=O) groups excluding carboxylic acids is 1. The van der Waals surface area contributed by atoms with E-state index in [1.54, 1.807) is 29.3 Å². The second-order valence-electron chi connectivity index (χ2n) is 4.80. The SMILES string of the molecule is [CH2-]CN1CCOC(=O)N1CCCc1ccc(C(=O)O)cc1.[W]. The van der Waals surface area contributed by atoms with Crippen LogP contribution in [0.5, 0.6) is 0 Å². The molecule has 0 radical (unpaired) electrons. The van der Waals surface area contributed by atoms with Crippen molar-refractivity contribution in [3.05, 3.63) is 42.3 Å². The van der Waals surface area contributed by atoms with Gasteiger partial charge in [-0.1, -0.05) is 12.1 Å². The second-order valence-corrected chi connectivity index (χ2v) is 4.80. The maximum atomic E-state index is 11.7. The van der Waals surface area contributed by atoms with E-state index in [2.05, 4.69) is 6.92 Å². The van der Waals surface area contributed by atoms with Crippen LogP contribution in [0.4, 0.5) is 4.79 Å². The molecule has 1 heterocycles. The normalized spacial score (nSPS) is 15.1. The van der Waals surface area contributed by atoms with E-state index < -0.39 is 5.97 Å². The molecule has 1 aliphatic rings. The smallest absolute Gasteiger partial charge is 0.424 e. The summed E-state index contributed by atoms with van der Waals surface area (Å²) in [5.74, 6) is -0.927. The monoisotopic (exact) mass is 475 g/mol. The molecule has 1 amide bonds. The number of carbonyl (C=O) groups is 2. The van der Waals surface area contributed by atoms with Crippen LogP contribution < -0.4 is 0 Å². The van der Waals surface area contributed by atoms with Gasteiger partial charge in [0.1, 0.15) is 6.61 Å². The molecule has 0 bridgehead atoms. The number of hydrogen-bond donors (Lipinski definition) is 1. The van der Waals surface area contributed by atoms with Gasteiger partial charge in [0.2, 0.25) is 0 Å². The van der Waals surface area contributed by atoms with Gasteiger partial charge < -0.3 is 16.8 Å². The Labute approximate surface area is 144 Å². The Morgan fingerprint density at radius 3 is 2.59 bits per heavy atom.